The molecule has 1 unspecified atom stereocenters. The number of benzene rings is 2. The van der Waals surface area contributed by atoms with E-state index in [4.69, 9.17) is 0 Å². The van der Waals surface area contributed by atoms with Gasteiger partial charge < -0.3 is 9.88 Å². The lowest BCUT2D eigenvalue weighted by molar-refractivity contribution is -0.119. The number of nitrogens with one attached hydrogen (secondary N) is 1. The molecule has 1 heterocycles. The first kappa shape index (κ1) is 17.3. The summed E-state index contributed by atoms with van der Waals surface area (Å²) in [6.07, 6.45) is 5.43. The van der Waals surface area contributed by atoms with Crippen LogP contribution in [0.3, 0.4) is 0 Å². The molecule has 3 rings (SSSR count). The van der Waals surface area contributed by atoms with E-state index in [9.17, 15) is 4.79 Å². The number of imidazole rings is 1. The first-order valence-electron chi connectivity index (χ1n) is 8.22. The van der Waals surface area contributed by atoms with E-state index < -0.39 is 0 Å². The average molecular weight is 351 g/mol. The minimum Gasteiger partial charge on any atom is -0.349 e. The zero-order valence-corrected chi connectivity index (χ0v) is 14.9. The van der Waals surface area contributed by atoms with Crippen LogP contribution < -0.4 is 5.32 Å². The summed E-state index contributed by atoms with van der Waals surface area (Å²) in [7, 11) is 0. The smallest absolute Gasteiger partial charge is 0.230 e. The van der Waals surface area contributed by atoms with Crippen molar-refractivity contribution in [2.45, 2.75) is 18.7 Å². The first-order valence-corrected chi connectivity index (χ1v) is 9.37. The second-order valence-corrected chi connectivity index (χ2v) is 6.81. The summed E-state index contributed by atoms with van der Waals surface area (Å²) < 4.78 is 1.95. The highest BCUT2D eigenvalue weighted by Gasteiger charge is 2.10. The summed E-state index contributed by atoms with van der Waals surface area (Å²) in [5.74, 6) is 1.38. The predicted octanol–water partition coefficient (Wildman–Crippen LogP) is 3.98. The highest BCUT2D eigenvalue weighted by molar-refractivity contribution is 7.99. The summed E-state index contributed by atoms with van der Waals surface area (Å²) in [5, 5.41) is 3.06. The Morgan fingerprint density at radius 2 is 1.92 bits per heavy atom. The Labute approximate surface area is 152 Å². The standard InChI is InChI=1S/C20H21N3OS/c1-16(18-7-9-19(10-8-18)23-12-11-21-15-23)22-20(24)14-25-13-17-5-3-2-4-6-17/h2-12,15-16H,13-14H2,1H3,(H,22,24). The second-order valence-electron chi connectivity index (χ2n) is 5.83. The molecule has 0 saturated carbocycles. The molecular formula is C20H21N3OS. The van der Waals surface area contributed by atoms with Crippen LogP contribution in [0.15, 0.2) is 73.3 Å². The summed E-state index contributed by atoms with van der Waals surface area (Å²) in [6.45, 7) is 2.01. The van der Waals surface area contributed by atoms with Crippen molar-refractivity contribution in [1.29, 1.82) is 0 Å². The van der Waals surface area contributed by atoms with Crippen molar-refractivity contribution < 1.29 is 4.79 Å². The van der Waals surface area contributed by atoms with Crippen molar-refractivity contribution in [2.75, 3.05) is 5.75 Å². The SMILES string of the molecule is CC(NC(=O)CSCc1ccccc1)c1ccc(-n2ccnc2)cc1. The maximum atomic E-state index is 12.1. The Hall–Kier alpha value is -2.53. The fourth-order valence-electron chi connectivity index (χ4n) is 2.55. The molecule has 2 aromatic carbocycles. The van der Waals surface area contributed by atoms with Crippen molar-refractivity contribution in [2.24, 2.45) is 0 Å². The minimum atomic E-state index is -0.0123. The molecule has 4 nitrogen and oxygen atoms in total. The molecule has 0 saturated heterocycles. The van der Waals surface area contributed by atoms with Gasteiger partial charge in [-0.15, -0.1) is 11.8 Å². The third kappa shape index (κ3) is 4.97. The molecule has 0 aliphatic carbocycles. The zero-order valence-electron chi connectivity index (χ0n) is 14.1. The van der Waals surface area contributed by atoms with Crippen LogP contribution in [0.4, 0.5) is 0 Å². The topological polar surface area (TPSA) is 46.9 Å². The average Bonchev–Trinajstić information content (AvgIpc) is 3.17. The highest BCUT2D eigenvalue weighted by atomic mass is 32.2. The molecule has 0 aliphatic rings. The van der Waals surface area contributed by atoms with Crippen LogP contribution in [-0.2, 0) is 10.5 Å². The lowest BCUT2D eigenvalue weighted by Crippen LogP contribution is -2.28. The van der Waals surface area contributed by atoms with Gasteiger partial charge in [0.2, 0.25) is 5.91 Å². The van der Waals surface area contributed by atoms with E-state index in [2.05, 4.69) is 22.4 Å². The number of rotatable bonds is 7. The summed E-state index contributed by atoms with van der Waals surface area (Å²) in [5.41, 5.74) is 3.38. The number of thioether (sulfide) groups is 1. The lowest BCUT2D eigenvalue weighted by Gasteiger charge is -2.15. The van der Waals surface area contributed by atoms with Crippen LogP contribution in [0.2, 0.25) is 0 Å². The molecule has 0 bridgehead atoms. The lowest BCUT2D eigenvalue weighted by atomic mass is 10.1. The highest BCUT2D eigenvalue weighted by Crippen LogP contribution is 2.16. The van der Waals surface area contributed by atoms with E-state index in [-0.39, 0.29) is 11.9 Å². The summed E-state index contributed by atoms with van der Waals surface area (Å²) in [6, 6.07) is 18.3. The Balaban J connectivity index is 1.48. The number of carbonyl (C=O) groups is 1. The molecule has 0 aliphatic heterocycles. The Morgan fingerprint density at radius 1 is 1.16 bits per heavy atom. The van der Waals surface area contributed by atoms with Gasteiger partial charge in [0.05, 0.1) is 18.1 Å². The molecule has 1 N–H and O–H groups in total. The normalized spacial score (nSPS) is 11.9. The number of aromatic nitrogens is 2. The van der Waals surface area contributed by atoms with Gasteiger partial charge in [-0.05, 0) is 30.2 Å². The van der Waals surface area contributed by atoms with Gasteiger partial charge in [-0.3, -0.25) is 4.79 Å². The van der Waals surface area contributed by atoms with E-state index in [1.165, 1.54) is 5.56 Å². The molecule has 0 fully saturated rings. The van der Waals surface area contributed by atoms with Gasteiger partial charge in [-0.25, -0.2) is 4.98 Å². The van der Waals surface area contributed by atoms with E-state index >= 15 is 0 Å². The van der Waals surface area contributed by atoms with E-state index in [0.717, 1.165) is 17.0 Å². The molecule has 0 spiro atoms. The molecule has 1 atom stereocenters. The van der Waals surface area contributed by atoms with Gasteiger partial charge in [-0.1, -0.05) is 42.5 Å². The van der Waals surface area contributed by atoms with Crippen LogP contribution in [0.25, 0.3) is 5.69 Å². The van der Waals surface area contributed by atoms with Gasteiger partial charge in [0.1, 0.15) is 0 Å². The van der Waals surface area contributed by atoms with Crippen molar-refractivity contribution in [3.63, 3.8) is 0 Å². The molecule has 1 amide bonds. The van der Waals surface area contributed by atoms with E-state index in [1.54, 1.807) is 24.3 Å². The third-order valence-corrected chi connectivity index (χ3v) is 4.92. The monoisotopic (exact) mass is 351 g/mol. The van der Waals surface area contributed by atoms with Gasteiger partial charge in [0.25, 0.3) is 0 Å². The van der Waals surface area contributed by atoms with Crippen LogP contribution in [0.5, 0.6) is 0 Å². The van der Waals surface area contributed by atoms with Gasteiger partial charge in [0, 0.05) is 23.8 Å². The van der Waals surface area contributed by atoms with E-state index in [0.29, 0.717) is 5.75 Å². The van der Waals surface area contributed by atoms with Crippen molar-refractivity contribution >= 4 is 17.7 Å². The summed E-state index contributed by atoms with van der Waals surface area (Å²) in [4.78, 5) is 16.2. The number of hydrogen-bond donors (Lipinski definition) is 1. The Kier molecular flexibility index (Phi) is 5.90. The fraction of sp³-hybridized carbons (Fsp3) is 0.200. The van der Waals surface area contributed by atoms with Crippen molar-refractivity contribution in [3.05, 3.63) is 84.4 Å². The molecule has 128 valence electrons. The number of amides is 1. The molecule has 3 aromatic rings. The molecule has 0 radical (unpaired) electrons. The Bertz CT molecular complexity index is 786. The zero-order chi connectivity index (χ0) is 17.5. The predicted molar refractivity (Wildman–Crippen MR) is 103 cm³/mol. The van der Waals surface area contributed by atoms with Crippen LogP contribution in [0, 0.1) is 0 Å². The maximum absolute atomic E-state index is 12.1. The quantitative estimate of drug-likeness (QED) is 0.700. The first-order chi connectivity index (χ1) is 12.2. The maximum Gasteiger partial charge on any atom is 0.230 e. The molecular weight excluding hydrogens is 330 g/mol. The fourth-order valence-corrected chi connectivity index (χ4v) is 3.35. The van der Waals surface area contributed by atoms with Crippen LogP contribution in [-0.4, -0.2) is 21.2 Å². The largest absolute Gasteiger partial charge is 0.349 e. The van der Waals surface area contributed by atoms with E-state index in [1.807, 2.05) is 60.2 Å². The number of carbonyl (C=O) groups excluding carboxylic acids is 1. The number of hydrogen-bond acceptors (Lipinski definition) is 3. The summed E-state index contributed by atoms with van der Waals surface area (Å²) >= 11 is 1.63. The molecule has 25 heavy (non-hydrogen) atoms. The molecule has 5 heteroatoms. The number of nitrogens with zero attached hydrogens (tertiary/aromatic N) is 2. The Morgan fingerprint density at radius 3 is 2.60 bits per heavy atom. The van der Waals surface area contributed by atoms with Gasteiger partial charge in [-0.2, -0.15) is 0 Å². The third-order valence-electron chi connectivity index (χ3n) is 3.92. The second kappa shape index (κ2) is 8.53. The van der Waals surface area contributed by atoms with Gasteiger partial charge >= 0.3 is 0 Å². The van der Waals surface area contributed by atoms with Crippen LogP contribution >= 0.6 is 11.8 Å². The van der Waals surface area contributed by atoms with Crippen LogP contribution in [0.1, 0.15) is 24.1 Å². The van der Waals surface area contributed by atoms with Gasteiger partial charge in [0.15, 0.2) is 0 Å². The minimum absolute atomic E-state index is 0.0123. The van der Waals surface area contributed by atoms with Crippen molar-refractivity contribution in [1.82, 2.24) is 14.9 Å². The molecule has 1 aromatic heterocycles. The van der Waals surface area contributed by atoms with Crippen molar-refractivity contribution in [3.8, 4) is 5.69 Å².